The smallest absolute Gasteiger partial charge is 0.213 e. The largest absolute Gasteiger partial charge is 0.379 e. The van der Waals surface area contributed by atoms with Crippen molar-refractivity contribution >= 4 is 26.5 Å². The number of sulfonamides is 1. The summed E-state index contributed by atoms with van der Waals surface area (Å²) in [6.45, 7) is 4.65. The van der Waals surface area contributed by atoms with Crippen molar-refractivity contribution in [2.24, 2.45) is 0 Å². The van der Waals surface area contributed by atoms with E-state index in [1.807, 2.05) is 31.5 Å². The number of benzene rings is 1. The number of aryl methyl sites for hydroxylation is 1. The predicted molar refractivity (Wildman–Crippen MR) is 108 cm³/mol. The van der Waals surface area contributed by atoms with E-state index in [1.165, 1.54) is 4.31 Å². The fourth-order valence-electron chi connectivity index (χ4n) is 3.37. The number of nitrogens with zero attached hydrogens (tertiary/aromatic N) is 3. The molecule has 0 aliphatic carbocycles. The average molecular weight is 382 g/mol. The molecular weight excluding hydrogens is 360 g/mol. The molecule has 140 valence electrons. The van der Waals surface area contributed by atoms with Crippen molar-refractivity contribution in [1.29, 1.82) is 0 Å². The quantitative estimate of drug-likeness (QED) is 0.734. The highest BCUT2D eigenvalue weighted by Crippen LogP contribution is 2.32. The van der Waals surface area contributed by atoms with Crippen LogP contribution in [0, 0.1) is 6.92 Å². The summed E-state index contributed by atoms with van der Waals surface area (Å²) in [7, 11) is -3.11. The van der Waals surface area contributed by atoms with Crippen LogP contribution in [0.1, 0.15) is 12.6 Å². The molecule has 1 aromatic carbocycles. The molecule has 6 nitrogen and oxygen atoms in total. The molecule has 2 aromatic heterocycles. The van der Waals surface area contributed by atoms with Gasteiger partial charge in [0.2, 0.25) is 10.0 Å². The summed E-state index contributed by atoms with van der Waals surface area (Å²) in [5.41, 5.74) is 4.15. The van der Waals surface area contributed by atoms with Gasteiger partial charge in [-0.2, -0.15) is 4.31 Å². The molecule has 27 heavy (non-hydrogen) atoms. The molecule has 0 bridgehead atoms. The third kappa shape index (κ3) is 3.52. The highest BCUT2D eigenvalue weighted by molar-refractivity contribution is 7.89. The first-order valence-corrected chi connectivity index (χ1v) is 10.6. The lowest BCUT2D eigenvalue weighted by atomic mass is 10.00. The van der Waals surface area contributed by atoms with E-state index in [1.54, 1.807) is 13.1 Å². The minimum Gasteiger partial charge on any atom is -0.379 e. The maximum atomic E-state index is 11.9. The molecule has 0 amide bonds. The van der Waals surface area contributed by atoms with Crippen molar-refractivity contribution < 1.29 is 8.42 Å². The van der Waals surface area contributed by atoms with E-state index in [4.69, 9.17) is 0 Å². The van der Waals surface area contributed by atoms with Crippen LogP contribution in [0.25, 0.3) is 21.9 Å². The summed E-state index contributed by atoms with van der Waals surface area (Å²) in [4.78, 5) is 8.52. The Labute approximate surface area is 159 Å². The van der Waals surface area contributed by atoms with Gasteiger partial charge in [-0.25, -0.2) is 8.42 Å². The molecule has 1 N–H and O–H groups in total. The molecule has 0 unspecified atom stereocenters. The highest BCUT2D eigenvalue weighted by atomic mass is 32.2. The Bertz CT molecular complexity index is 1090. The Morgan fingerprint density at radius 2 is 1.96 bits per heavy atom. The van der Waals surface area contributed by atoms with Crippen LogP contribution < -0.4 is 5.32 Å². The van der Waals surface area contributed by atoms with Crippen LogP contribution in [0.2, 0.25) is 0 Å². The zero-order valence-corrected chi connectivity index (χ0v) is 16.2. The van der Waals surface area contributed by atoms with E-state index in [0.29, 0.717) is 13.1 Å². The van der Waals surface area contributed by atoms with Crippen LogP contribution in [0.5, 0.6) is 0 Å². The van der Waals surface area contributed by atoms with E-state index in [0.717, 1.165) is 33.3 Å². The van der Waals surface area contributed by atoms with Gasteiger partial charge in [0.1, 0.15) is 0 Å². The fourth-order valence-corrected chi connectivity index (χ4v) is 4.55. The second kappa shape index (κ2) is 6.90. The van der Waals surface area contributed by atoms with Crippen LogP contribution in [0.4, 0.5) is 5.69 Å². The van der Waals surface area contributed by atoms with Gasteiger partial charge in [0, 0.05) is 48.4 Å². The monoisotopic (exact) mass is 382 g/mol. The predicted octanol–water partition coefficient (Wildman–Crippen LogP) is 3.05. The highest BCUT2D eigenvalue weighted by Gasteiger charge is 2.34. The van der Waals surface area contributed by atoms with Crippen molar-refractivity contribution in [2.75, 3.05) is 24.2 Å². The van der Waals surface area contributed by atoms with Gasteiger partial charge < -0.3 is 5.32 Å². The molecule has 0 atom stereocenters. The van der Waals surface area contributed by atoms with E-state index in [9.17, 15) is 8.42 Å². The summed E-state index contributed by atoms with van der Waals surface area (Å²) in [6, 6.07) is 10.4. The lowest BCUT2D eigenvalue weighted by Crippen LogP contribution is -2.57. The number of rotatable bonds is 5. The number of pyridine rings is 2. The van der Waals surface area contributed by atoms with Crippen LogP contribution in [-0.2, 0) is 10.0 Å². The second-order valence-electron chi connectivity index (χ2n) is 6.87. The zero-order valence-electron chi connectivity index (χ0n) is 15.4. The Morgan fingerprint density at radius 1 is 1.15 bits per heavy atom. The molecule has 0 radical (unpaired) electrons. The normalized spacial score (nSPS) is 15.6. The minimum atomic E-state index is -3.11. The second-order valence-corrected chi connectivity index (χ2v) is 9.12. The summed E-state index contributed by atoms with van der Waals surface area (Å²) in [5, 5.41) is 5.64. The van der Waals surface area contributed by atoms with E-state index < -0.39 is 10.0 Å². The molecule has 1 aliphatic rings. The van der Waals surface area contributed by atoms with Gasteiger partial charge in [-0.05, 0) is 60.7 Å². The third-order valence-electron chi connectivity index (χ3n) is 4.95. The van der Waals surface area contributed by atoms with Crippen LogP contribution in [0.15, 0.2) is 48.9 Å². The molecule has 1 aliphatic heterocycles. The SMILES string of the molecule is CCS(=O)(=O)N1CC(Nc2cc(-c3ccnc(C)c3)cc3ccncc23)C1. The number of nitrogens with one attached hydrogen (secondary N) is 1. The molecule has 3 heterocycles. The Balaban J connectivity index is 1.66. The Morgan fingerprint density at radius 3 is 2.70 bits per heavy atom. The van der Waals surface area contributed by atoms with Gasteiger partial charge in [0.05, 0.1) is 11.8 Å². The topological polar surface area (TPSA) is 75.2 Å². The Kier molecular flexibility index (Phi) is 4.57. The van der Waals surface area contributed by atoms with Crippen molar-refractivity contribution in [3.63, 3.8) is 0 Å². The van der Waals surface area contributed by atoms with Gasteiger partial charge in [-0.15, -0.1) is 0 Å². The summed E-state index contributed by atoms with van der Waals surface area (Å²) < 4.78 is 25.4. The number of hydrogen-bond donors (Lipinski definition) is 1. The minimum absolute atomic E-state index is 0.101. The summed E-state index contributed by atoms with van der Waals surface area (Å²) >= 11 is 0. The first-order valence-electron chi connectivity index (χ1n) is 9.01. The lowest BCUT2D eigenvalue weighted by molar-refractivity contribution is 0.281. The van der Waals surface area contributed by atoms with E-state index in [2.05, 4.69) is 33.5 Å². The third-order valence-corrected chi connectivity index (χ3v) is 6.77. The van der Waals surface area contributed by atoms with Crippen molar-refractivity contribution in [2.45, 2.75) is 19.9 Å². The van der Waals surface area contributed by atoms with Gasteiger partial charge in [-0.3, -0.25) is 9.97 Å². The molecular formula is C20H22N4O2S. The molecule has 7 heteroatoms. The Hall–Kier alpha value is -2.51. The van der Waals surface area contributed by atoms with Crippen molar-refractivity contribution in [3.05, 3.63) is 54.6 Å². The van der Waals surface area contributed by atoms with E-state index >= 15 is 0 Å². The van der Waals surface area contributed by atoms with Crippen molar-refractivity contribution in [1.82, 2.24) is 14.3 Å². The molecule has 4 rings (SSSR count). The molecule has 0 saturated carbocycles. The maximum Gasteiger partial charge on any atom is 0.213 e. The average Bonchev–Trinajstić information content (AvgIpc) is 2.63. The number of aromatic nitrogens is 2. The summed E-state index contributed by atoms with van der Waals surface area (Å²) in [6.07, 6.45) is 5.44. The van der Waals surface area contributed by atoms with Gasteiger partial charge in [0.15, 0.2) is 0 Å². The van der Waals surface area contributed by atoms with E-state index in [-0.39, 0.29) is 11.8 Å². The van der Waals surface area contributed by atoms with Gasteiger partial charge >= 0.3 is 0 Å². The van der Waals surface area contributed by atoms with Crippen LogP contribution in [0.3, 0.4) is 0 Å². The van der Waals surface area contributed by atoms with Crippen LogP contribution in [-0.4, -0.2) is 47.6 Å². The fraction of sp³-hybridized carbons (Fsp3) is 0.300. The maximum absolute atomic E-state index is 11.9. The van der Waals surface area contributed by atoms with Crippen LogP contribution >= 0.6 is 0 Å². The molecule has 1 saturated heterocycles. The van der Waals surface area contributed by atoms with Gasteiger partial charge in [0.25, 0.3) is 0 Å². The molecule has 3 aromatic rings. The number of anilines is 1. The number of hydrogen-bond acceptors (Lipinski definition) is 5. The molecule has 0 spiro atoms. The molecule has 1 fully saturated rings. The standard InChI is InChI=1S/C20H22N4O2S/c1-3-27(25,26)24-12-18(13-24)23-20-10-17(15-5-7-22-14(2)8-15)9-16-4-6-21-11-19(16)20/h4-11,18,23H,3,12-13H2,1-2H3. The number of fused-ring (bicyclic) bond motifs is 1. The lowest BCUT2D eigenvalue weighted by Gasteiger charge is -2.39. The first-order chi connectivity index (χ1) is 13.0. The summed E-state index contributed by atoms with van der Waals surface area (Å²) in [5.74, 6) is 0.142. The van der Waals surface area contributed by atoms with Crippen molar-refractivity contribution in [3.8, 4) is 11.1 Å². The first kappa shape index (κ1) is 17.9. The van der Waals surface area contributed by atoms with Gasteiger partial charge in [-0.1, -0.05) is 0 Å². The zero-order chi connectivity index (χ0) is 19.0.